The zero-order valence-electron chi connectivity index (χ0n) is 15.4. The standard InChI is InChI=1S/C21H28N2O3/c1-22(16-19-11-6-15-26-19)17-21(25)12-7-14-23(20(21)24)13-5-10-18-8-3-2-4-9-18/h2-4,6,8-9,11,15,25H,5,7,10,12-14,16-17H2,1H3. The fourth-order valence-electron chi connectivity index (χ4n) is 3.71. The van der Waals surface area contributed by atoms with Crippen molar-refractivity contribution in [1.29, 1.82) is 0 Å². The zero-order chi connectivity index (χ0) is 18.4. The molecule has 26 heavy (non-hydrogen) atoms. The van der Waals surface area contributed by atoms with Crippen LogP contribution in [0.15, 0.2) is 53.1 Å². The van der Waals surface area contributed by atoms with Crippen molar-refractivity contribution in [3.8, 4) is 0 Å². The van der Waals surface area contributed by atoms with Crippen LogP contribution in [-0.4, -0.2) is 53.1 Å². The molecule has 1 amide bonds. The molecule has 1 fully saturated rings. The van der Waals surface area contributed by atoms with Crippen LogP contribution in [0.25, 0.3) is 0 Å². The first-order valence-corrected chi connectivity index (χ1v) is 9.33. The number of hydrogen-bond donors (Lipinski definition) is 1. The molecule has 3 rings (SSSR count). The minimum absolute atomic E-state index is 0.136. The van der Waals surface area contributed by atoms with Gasteiger partial charge in [0.1, 0.15) is 5.76 Å². The minimum atomic E-state index is -1.30. The van der Waals surface area contributed by atoms with E-state index in [1.165, 1.54) is 5.56 Å². The van der Waals surface area contributed by atoms with E-state index in [0.29, 0.717) is 26.1 Å². The van der Waals surface area contributed by atoms with Crippen LogP contribution in [0.3, 0.4) is 0 Å². The number of furan rings is 1. The lowest BCUT2D eigenvalue weighted by Crippen LogP contribution is -2.58. The summed E-state index contributed by atoms with van der Waals surface area (Å²) >= 11 is 0. The fraction of sp³-hybridized carbons (Fsp3) is 0.476. The number of carbonyl (C=O) groups excluding carboxylic acids is 1. The Bertz CT molecular complexity index is 687. The van der Waals surface area contributed by atoms with Gasteiger partial charge in [0.15, 0.2) is 5.60 Å². The van der Waals surface area contributed by atoms with Crippen molar-refractivity contribution in [1.82, 2.24) is 9.80 Å². The summed E-state index contributed by atoms with van der Waals surface area (Å²) < 4.78 is 5.35. The number of likely N-dealkylation sites (N-methyl/N-ethyl adjacent to an activating group) is 1. The van der Waals surface area contributed by atoms with Crippen LogP contribution in [0, 0.1) is 0 Å². The Morgan fingerprint density at radius 2 is 2.04 bits per heavy atom. The highest BCUT2D eigenvalue weighted by atomic mass is 16.3. The maximum absolute atomic E-state index is 12.9. The summed E-state index contributed by atoms with van der Waals surface area (Å²) in [5.74, 6) is 0.696. The Hall–Kier alpha value is -2.11. The van der Waals surface area contributed by atoms with E-state index in [4.69, 9.17) is 4.42 Å². The summed E-state index contributed by atoms with van der Waals surface area (Å²) in [7, 11) is 1.90. The topological polar surface area (TPSA) is 56.9 Å². The highest BCUT2D eigenvalue weighted by molar-refractivity contribution is 5.86. The number of likely N-dealkylation sites (tertiary alicyclic amines) is 1. The van der Waals surface area contributed by atoms with Crippen LogP contribution in [0.1, 0.15) is 30.6 Å². The summed E-state index contributed by atoms with van der Waals surface area (Å²) in [5.41, 5.74) is -0.0165. The van der Waals surface area contributed by atoms with Gasteiger partial charge in [-0.25, -0.2) is 0 Å². The average Bonchev–Trinajstić information content (AvgIpc) is 3.12. The van der Waals surface area contributed by atoms with E-state index in [0.717, 1.165) is 31.6 Å². The quantitative estimate of drug-likeness (QED) is 0.790. The van der Waals surface area contributed by atoms with Gasteiger partial charge in [0.25, 0.3) is 5.91 Å². The first-order valence-electron chi connectivity index (χ1n) is 9.33. The van der Waals surface area contributed by atoms with Gasteiger partial charge in [-0.2, -0.15) is 0 Å². The number of aryl methyl sites for hydroxylation is 1. The van der Waals surface area contributed by atoms with E-state index < -0.39 is 5.60 Å². The molecule has 0 spiro atoms. The second-order valence-electron chi connectivity index (χ2n) is 7.27. The minimum Gasteiger partial charge on any atom is -0.468 e. The number of rotatable bonds is 8. The second kappa shape index (κ2) is 8.52. The zero-order valence-corrected chi connectivity index (χ0v) is 15.4. The molecule has 1 unspecified atom stereocenters. The van der Waals surface area contributed by atoms with Crippen molar-refractivity contribution >= 4 is 5.91 Å². The highest BCUT2D eigenvalue weighted by Gasteiger charge is 2.42. The Morgan fingerprint density at radius 1 is 1.23 bits per heavy atom. The molecule has 0 aliphatic carbocycles. The van der Waals surface area contributed by atoms with Crippen molar-refractivity contribution in [2.75, 3.05) is 26.7 Å². The molecule has 1 atom stereocenters. The van der Waals surface area contributed by atoms with Gasteiger partial charge >= 0.3 is 0 Å². The SMILES string of the molecule is CN(Cc1ccco1)CC1(O)CCCN(CCCc2ccccc2)C1=O. The van der Waals surface area contributed by atoms with Gasteiger partial charge in [-0.3, -0.25) is 9.69 Å². The van der Waals surface area contributed by atoms with Gasteiger partial charge in [0, 0.05) is 19.6 Å². The van der Waals surface area contributed by atoms with Crippen molar-refractivity contribution in [2.45, 2.75) is 37.8 Å². The number of hydrogen-bond acceptors (Lipinski definition) is 4. The van der Waals surface area contributed by atoms with Gasteiger partial charge in [0.2, 0.25) is 0 Å². The first kappa shape index (κ1) is 18.7. The molecule has 1 N–H and O–H groups in total. The lowest BCUT2D eigenvalue weighted by Gasteiger charge is -2.40. The van der Waals surface area contributed by atoms with Crippen LogP contribution < -0.4 is 0 Å². The third kappa shape index (κ3) is 4.74. The number of piperidine rings is 1. The summed E-state index contributed by atoms with van der Waals surface area (Å²) in [6.45, 7) is 2.33. The number of carbonyl (C=O) groups is 1. The molecule has 5 nitrogen and oxygen atoms in total. The van der Waals surface area contributed by atoms with E-state index >= 15 is 0 Å². The molecule has 2 aromatic rings. The molecular weight excluding hydrogens is 328 g/mol. The Kier molecular flexibility index (Phi) is 6.12. The van der Waals surface area contributed by atoms with Crippen LogP contribution in [-0.2, 0) is 17.8 Å². The van der Waals surface area contributed by atoms with Gasteiger partial charge in [-0.05, 0) is 50.4 Å². The smallest absolute Gasteiger partial charge is 0.255 e. The maximum Gasteiger partial charge on any atom is 0.255 e. The number of benzene rings is 1. The normalized spacial score (nSPS) is 20.7. The first-order chi connectivity index (χ1) is 12.6. The van der Waals surface area contributed by atoms with Crippen molar-refractivity contribution in [3.63, 3.8) is 0 Å². The molecule has 1 aliphatic heterocycles. The molecule has 5 heteroatoms. The molecule has 1 aromatic carbocycles. The summed E-state index contributed by atoms with van der Waals surface area (Å²) in [5, 5.41) is 11.0. The van der Waals surface area contributed by atoms with E-state index in [9.17, 15) is 9.90 Å². The monoisotopic (exact) mass is 356 g/mol. The average molecular weight is 356 g/mol. The molecule has 140 valence electrons. The van der Waals surface area contributed by atoms with E-state index in [2.05, 4.69) is 12.1 Å². The summed E-state index contributed by atoms with van der Waals surface area (Å²) in [4.78, 5) is 16.6. The van der Waals surface area contributed by atoms with Gasteiger partial charge in [0.05, 0.1) is 12.8 Å². The predicted molar refractivity (Wildman–Crippen MR) is 101 cm³/mol. The maximum atomic E-state index is 12.9. The number of aliphatic hydroxyl groups is 1. The fourth-order valence-corrected chi connectivity index (χ4v) is 3.71. The number of nitrogens with zero attached hydrogens (tertiary/aromatic N) is 2. The van der Waals surface area contributed by atoms with Crippen LogP contribution >= 0.6 is 0 Å². The third-order valence-electron chi connectivity index (χ3n) is 4.98. The Balaban J connectivity index is 1.52. The molecular formula is C21H28N2O3. The summed E-state index contributed by atoms with van der Waals surface area (Å²) in [6.07, 6.45) is 4.85. The second-order valence-corrected chi connectivity index (χ2v) is 7.27. The van der Waals surface area contributed by atoms with Crippen LogP contribution in [0.4, 0.5) is 0 Å². The highest BCUT2D eigenvalue weighted by Crippen LogP contribution is 2.24. The molecule has 2 heterocycles. The van der Waals surface area contributed by atoms with E-state index in [1.807, 2.05) is 47.2 Å². The molecule has 1 aliphatic rings. The Labute approximate surface area is 155 Å². The predicted octanol–water partition coefficient (Wildman–Crippen LogP) is 2.70. The van der Waals surface area contributed by atoms with Gasteiger partial charge < -0.3 is 14.4 Å². The molecule has 0 radical (unpaired) electrons. The van der Waals surface area contributed by atoms with Crippen LogP contribution in [0.2, 0.25) is 0 Å². The molecule has 0 bridgehead atoms. The third-order valence-corrected chi connectivity index (χ3v) is 4.98. The van der Waals surface area contributed by atoms with Crippen LogP contribution in [0.5, 0.6) is 0 Å². The van der Waals surface area contributed by atoms with Crippen molar-refractivity contribution in [2.24, 2.45) is 0 Å². The molecule has 0 saturated carbocycles. The van der Waals surface area contributed by atoms with Gasteiger partial charge in [-0.15, -0.1) is 0 Å². The van der Waals surface area contributed by atoms with Gasteiger partial charge in [-0.1, -0.05) is 30.3 Å². The van der Waals surface area contributed by atoms with Crippen molar-refractivity contribution in [3.05, 3.63) is 60.1 Å². The van der Waals surface area contributed by atoms with E-state index in [1.54, 1.807) is 6.26 Å². The molecule has 1 aromatic heterocycles. The lowest BCUT2D eigenvalue weighted by molar-refractivity contribution is -0.159. The Morgan fingerprint density at radius 3 is 2.77 bits per heavy atom. The largest absolute Gasteiger partial charge is 0.468 e. The lowest BCUT2D eigenvalue weighted by atomic mass is 9.91. The van der Waals surface area contributed by atoms with E-state index in [-0.39, 0.29) is 5.91 Å². The summed E-state index contributed by atoms with van der Waals surface area (Å²) in [6, 6.07) is 14.0. The van der Waals surface area contributed by atoms with Crippen molar-refractivity contribution < 1.29 is 14.3 Å². The molecule has 1 saturated heterocycles. The number of amides is 1.